The van der Waals surface area contributed by atoms with E-state index in [1.807, 2.05) is 0 Å². The molecule has 0 amide bonds. The maximum Gasteiger partial charge on any atom is 0.312 e. The second-order valence-electron chi connectivity index (χ2n) is 16.9. The first-order chi connectivity index (χ1) is 26.0. The number of esters is 2. The Morgan fingerprint density at radius 3 is 1.51 bits per heavy atom. The predicted octanol–water partition coefficient (Wildman–Crippen LogP) is 13.4. The van der Waals surface area contributed by atoms with Crippen LogP contribution >= 0.6 is 0 Å². The summed E-state index contributed by atoms with van der Waals surface area (Å²) in [6.45, 7) is 10.4. The van der Waals surface area contributed by atoms with Crippen molar-refractivity contribution in [3.05, 3.63) is 0 Å². The average Bonchev–Trinajstić information content (AvgIpc) is 3.13. The van der Waals surface area contributed by atoms with Crippen LogP contribution in [-0.2, 0) is 19.1 Å². The fourth-order valence-corrected chi connectivity index (χ4v) is 8.08. The molecule has 314 valence electrons. The van der Waals surface area contributed by atoms with Crippen molar-refractivity contribution in [3.8, 4) is 0 Å². The quantitative estimate of drug-likeness (QED) is 0.0495. The van der Waals surface area contributed by atoms with Crippen LogP contribution in [0.25, 0.3) is 0 Å². The van der Waals surface area contributed by atoms with E-state index in [1.54, 1.807) is 0 Å². The number of rotatable bonds is 41. The van der Waals surface area contributed by atoms with E-state index in [0.29, 0.717) is 13.0 Å². The zero-order chi connectivity index (χ0) is 38.5. The molecule has 0 atom stereocenters. The van der Waals surface area contributed by atoms with E-state index in [1.165, 1.54) is 135 Å². The monoisotopic (exact) mass is 750 g/mol. The average molecular weight is 750 g/mol. The van der Waals surface area contributed by atoms with Crippen LogP contribution < -0.4 is 0 Å². The van der Waals surface area contributed by atoms with Crippen LogP contribution in [0.1, 0.15) is 245 Å². The van der Waals surface area contributed by atoms with Gasteiger partial charge in [-0.05, 0) is 83.7 Å². The molecule has 1 aliphatic carbocycles. The van der Waals surface area contributed by atoms with Crippen LogP contribution in [0, 0.1) is 5.41 Å². The molecule has 0 saturated heterocycles. The highest BCUT2D eigenvalue weighted by molar-refractivity contribution is 5.78. The molecule has 0 aromatic heterocycles. The van der Waals surface area contributed by atoms with Crippen molar-refractivity contribution in [1.29, 1.82) is 0 Å². The third-order valence-corrected chi connectivity index (χ3v) is 11.9. The molecule has 1 aliphatic rings. The summed E-state index contributed by atoms with van der Waals surface area (Å²) in [7, 11) is 0. The lowest BCUT2D eigenvalue weighted by Gasteiger charge is -2.40. The number of unbranched alkanes of at least 4 members (excludes halogenated alkanes) is 23. The number of aliphatic hydroxyl groups is 1. The molecule has 53 heavy (non-hydrogen) atoms. The molecular weight excluding hydrogens is 659 g/mol. The molecule has 0 aromatic rings. The van der Waals surface area contributed by atoms with Gasteiger partial charge in [-0.3, -0.25) is 9.59 Å². The Morgan fingerprint density at radius 2 is 1.02 bits per heavy atom. The van der Waals surface area contributed by atoms with Crippen molar-refractivity contribution in [2.24, 2.45) is 5.41 Å². The van der Waals surface area contributed by atoms with Gasteiger partial charge >= 0.3 is 11.9 Å². The Labute approximate surface area is 330 Å². The first-order valence-electron chi connectivity index (χ1n) is 23.7. The van der Waals surface area contributed by atoms with Crippen molar-refractivity contribution in [1.82, 2.24) is 4.90 Å². The summed E-state index contributed by atoms with van der Waals surface area (Å²) < 4.78 is 11.8. The Hall–Kier alpha value is -1.14. The maximum atomic E-state index is 13.6. The first-order valence-corrected chi connectivity index (χ1v) is 23.7. The number of hydrogen-bond donors (Lipinski definition) is 1. The summed E-state index contributed by atoms with van der Waals surface area (Å²) in [5, 5.41) is 9.63. The van der Waals surface area contributed by atoms with Crippen LogP contribution in [0.15, 0.2) is 0 Å². The van der Waals surface area contributed by atoms with Crippen LogP contribution in [0.3, 0.4) is 0 Å². The molecule has 0 spiro atoms. The highest BCUT2D eigenvalue weighted by Crippen LogP contribution is 2.46. The summed E-state index contributed by atoms with van der Waals surface area (Å²) in [5.41, 5.74) is -0.211. The molecule has 1 fully saturated rings. The molecule has 1 rings (SSSR count). The Morgan fingerprint density at radius 1 is 0.566 bits per heavy atom. The Balaban J connectivity index is 2.23. The van der Waals surface area contributed by atoms with E-state index < -0.39 is 0 Å². The lowest BCUT2D eigenvalue weighted by molar-refractivity contribution is -0.169. The largest absolute Gasteiger partial charge is 0.466 e. The molecule has 0 unspecified atom stereocenters. The minimum Gasteiger partial charge on any atom is -0.466 e. The summed E-state index contributed by atoms with van der Waals surface area (Å²) in [4.78, 5) is 28.1. The molecular formula is C47H91NO5. The second-order valence-corrected chi connectivity index (χ2v) is 16.9. The zero-order valence-corrected chi connectivity index (χ0v) is 35.9. The number of hydrogen-bond acceptors (Lipinski definition) is 6. The maximum absolute atomic E-state index is 13.6. The number of carbonyl (C=O) groups is 2. The second kappa shape index (κ2) is 36.5. The topological polar surface area (TPSA) is 76.1 Å². The van der Waals surface area contributed by atoms with Gasteiger partial charge in [-0.25, -0.2) is 0 Å². The van der Waals surface area contributed by atoms with Crippen LogP contribution in [-0.4, -0.2) is 60.9 Å². The van der Waals surface area contributed by atoms with Gasteiger partial charge in [0, 0.05) is 13.0 Å². The normalized spacial score (nSPS) is 13.8. The van der Waals surface area contributed by atoms with E-state index in [-0.39, 0.29) is 30.1 Å². The highest BCUT2D eigenvalue weighted by atomic mass is 16.5. The number of aliphatic hydroxyl groups excluding tert-OH is 1. The van der Waals surface area contributed by atoms with E-state index >= 15 is 0 Å². The van der Waals surface area contributed by atoms with Gasteiger partial charge in [0.05, 0.1) is 18.6 Å². The minimum atomic E-state index is -0.211. The van der Waals surface area contributed by atoms with Gasteiger partial charge in [0.25, 0.3) is 0 Å². The van der Waals surface area contributed by atoms with Gasteiger partial charge in [0.15, 0.2) is 0 Å². The van der Waals surface area contributed by atoms with E-state index in [0.717, 1.165) is 103 Å². The zero-order valence-electron chi connectivity index (χ0n) is 35.9. The number of ether oxygens (including phenoxy) is 2. The lowest BCUT2D eigenvalue weighted by atomic mass is 9.66. The van der Waals surface area contributed by atoms with Crippen LogP contribution in [0.5, 0.6) is 0 Å². The summed E-state index contributed by atoms with van der Waals surface area (Å²) in [6.07, 6.45) is 41.1. The fraction of sp³-hybridized carbons (Fsp3) is 0.957. The Bertz CT molecular complexity index is 799. The van der Waals surface area contributed by atoms with Crippen LogP contribution in [0.4, 0.5) is 0 Å². The lowest BCUT2D eigenvalue weighted by Crippen LogP contribution is -2.41. The van der Waals surface area contributed by atoms with Gasteiger partial charge < -0.3 is 19.5 Å². The van der Waals surface area contributed by atoms with E-state index in [9.17, 15) is 14.7 Å². The highest BCUT2D eigenvalue weighted by Gasteiger charge is 2.45. The van der Waals surface area contributed by atoms with Crippen molar-refractivity contribution < 1.29 is 24.2 Å². The number of carbonyl (C=O) groups excluding carboxylic acids is 2. The van der Waals surface area contributed by atoms with Gasteiger partial charge in [0.1, 0.15) is 6.10 Å². The van der Waals surface area contributed by atoms with Gasteiger partial charge in [-0.2, -0.15) is 0 Å². The Kier molecular flexibility index (Phi) is 34.3. The van der Waals surface area contributed by atoms with Gasteiger partial charge in [0.2, 0.25) is 0 Å². The van der Waals surface area contributed by atoms with E-state index in [2.05, 4.69) is 25.7 Å². The summed E-state index contributed by atoms with van der Waals surface area (Å²) >= 11 is 0. The molecule has 0 radical (unpaired) electrons. The first kappa shape index (κ1) is 49.9. The molecule has 0 heterocycles. The third kappa shape index (κ3) is 28.0. The molecule has 0 aromatic carbocycles. The van der Waals surface area contributed by atoms with Crippen molar-refractivity contribution >= 4 is 11.9 Å². The number of nitrogens with zero attached hydrogens (tertiary/aromatic N) is 1. The predicted molar refractivity (Wildman–Crippen MR) is 225 cm³/mol. The molecule has 0 bridgehead atoms. The van der Waals surface area contributed by atoms with Gasteiger partial charge in [-0.1, -0.05) is 168 Å². The van der Waals surface area contributed by atoms with E-state index in [4.69, 9.17) is 9.47 Å². The molecule has 6 heteroatoms. The standard InChI is InChI=1S/C47H91NO5/c1-4-7-10-13-16-24-31-43-52-45(50)35-27-20-17-22-29-39-48(41-42-49)40-30-23-21-28-36-47(37-32-38-47)46(51)53-44(33-25-18-14-11-8-5-2)34-26-19-15-12-9-6-3/h44,49H,4-43H2,1-3H3. The smallest absolute Gasteiger partial charge is 0.312 e. The molecule has 1 N–H and O–H groups in total. The molecule has 0 aliphatic heterocycles. The minimum absolute atomic E-state index is 0.0286. The molecule has 1 saturated carbocycles. The summed E-state index contributed by atoms with van der Waals surface area (Å²) in [5.74, 6) is 0.0951. The molecule has 6 nitrogen and oxygen atoms in total. The SMILES string of the molecule is CCCCCCCCCOC(=O)CCCCCCCN(CCO)CCCCCCC1(C(=O)OC(CCCCCCCC)CCCCCCCC)CCC1. The van der Waals surface area contributed by atoms with Crippen LogP contribution in [0.2, 0.25) is 0 Å². The van der Waals surface area contributed by atoms with Gasteiger partial charge in [-0.15, -0.1) is 0 Å². The van der Waals surface area contributed by atoms with Crippen molar-refractivity contribution in [2.45, 2.75) is 252 Å². The van der Waals surface area contributed by atoms with Crippen molar-refractivity contribution in [2.75, 3.05) is 32.8 Å². The fourth-order valence-electron chi connectivity index (χ4n) is 8.08. The third-order valence-electron chi connectivity index (χ3n) is 11.9. The summed E-state index contributed by atoms with van der Waals surface area (Å²) in [6, 6.07) is 0. The van der Waals surface area contributed by atoms with Crippen molar-refractivity contribution in [3.63, 3.8) is 0 Å².